The van der Waals surface area contributed by atoms with Gasteiger partial charge in [-0.3, -0.25) is 4.79 Å². The number of carboxylic acids is 1. The fourth-order valence-corrected chi connectivity index (χ4v) is 1.21. The first kappa shape index (κ1) is 18.4. The third-order valence-corrected chi connectivity index (χ3v) is 1.99. The maximum atomic E-state index is 11.9. The Balaban J connectivity index is 5.09. The van der Waals surface area contributed by atoms with Crippen LogP contribution in [0.4, 0.5) is 0 Å². The molecule has 0 aromatic rings. The molecule has 1 atom stereocenters. The van der Waals surface area contributed by atoms with E-state index in [4.69, 9.17) is 20.3 Å². The molecule has 0 aromatic carbocycles. The zero-order valence-electron chi connectivity index (χ0n) is 12.8. The van der Waals surface area contributed by atoms with Crippen molar-refractivity contribution in [3.8, 4) is 0 Å². The average Bonchev–Trinajstić information content (AvgIpc) is 2.10. The Morgan fingerprint density at radius 3 is 1.65 bits per heavy atom. The van der Waals surface area contributed by atoms with Crippen LogP contribution >= 0.6 is 0 Å². The van der Waals surface area contributed by atoms with Gasteiger partial charge >= 0.3 is 17.9 Å². The van der Waals surface area contributed by atoms with Crippen LogP contribution in [0.15, 0.2) is 0 Å². The van der Waals surface area contributed by atoms with E-state index < -0.39 is 41.1 Å². The van der Waals surface area contributed by atoms with Crippen LogP contribution in [0.1, 0.15) is 48.0 Å². The Bertz CT molecular complexity index is 404. The van der Waals surface area contributed by atoms with Gasteiger partial charge in [0.2, 0.25) is 5.54 Å². The zero-order chi connectivity index (χ0) is 16.4. The van der Waals surface area contributed by atoms with Crippen LogP contribution in [0.3, 0.4) is 0 Å². The van der Waals surface area contributed by atoms with E-state index in [1.54, 1.807) is 41.5 Å². The third kappa shape index (κ3) is 6.01. The van der Waals surface area contributed by atoms with Gasteiger partial charge in [-0.15, -0.1) is 0 Å². The fraction of sp³-hybridized carbons (Fsp3) is 0.769. The molecule has 0 aliphatic heterocycles. The van der Waals surface area contributed by atoms with Crippen LogP contribution < -0.4 is 5.73 Å². The van der Waals surface area contributed by atoms with Crippen molar-refractivity contribution < 1.29 is 29.0 Å². The molecular weight excluding hydrogens is 266 g/mol. The van der Waals surface area contributed by atoms with Crippen molar-refractivity contribution in [3.63, 3.8) is 0 Å². The molecule has 0 bridgehead atoms. The fourth-order valence-electron chi connectivity index (χ4n) is 1.21. The molecule has 0 unspecified atom stereocenters. The summed E-state index contributed by atoms with van der Waals surface area (Å²) in [5.41, 5.74) is 1.36. The van der Waals surface area contributed by atoms with E-state index in [0.717, 1.165) is 0 Å². The summed E-state index contributed by atoms with van der Waals surface area (Å²) >= 11 is 0. The number of hydrogen-bond acceptors (Lipinski definition) is 6. The van der Waals surface area contributed by atoms with Gasteiger partial charge in [-0.25, -0.2) is 9.59 Å². The molecule has 7 heteroatoms. The number of carboxylic acid groups (broad SMARTS) is 1. The van der Waals surface area contributed by atoms with Crippen LogP contribution in [-0.4, -0.2) is 39.8 Å². The summed E-state index contributed by atoms with van der Waals surface area (Å²) in [5.74, 6) is -3.70. The summed E-state index contributed by atoms with van der Waals surface area (Å²) in [7, 11) is 0. The summed E-state index contributed by atoms with van der Waals surface area (Å²) in [6, 6.07) is 0. The largest absolute Gasteiger partial charge is 0.479 e. The van der Waals surface area contributed by atoms with Gasteiger partial charge in [0.15, 0.2) is 0 Å². The van der Waals surface area contributed by atoms with Gasteiger partial charge in [-0.1, -0.05) is 0 Å². The molecule has 0 aliphatic rings. The number of esters is 2. The van der Waals surface area contributed by atoms with Gasteiger partial charge in [-0.2, -0.15) is 0 Å². The van der Waals surface area contributed by atoms with Crippen LogP contribution in [0.2, 0.25) is 0 Å². The lowest BCUT2D eigenvalue weighted by Crippen LogP contribution is -2.58. The van der Waals surface area contributed by atoms with Gasteiger partial charge in [0, 0.05) is 0 Å². The molecule has 0 amide bonds. The topological polar surface area (TPSA) is 116 Å². The number of hydrogen-bond donors (Lipinski definition) is 2. The van der Waals surface area contributed by atoms with Crippen LogP contribution in [0.5, 0.6) is 0 Å². The summed E-state index contributed by atoms with van der Waals surface area (Å²) in [6.07, 6.45) is -0.797. The summed E-state index contributed by atoms with van der Waals surface area (Å²) < 4.78 is 9.92. The van der Waals surface area contributed by atoms with Gasteiger partial charge < -0.3 is 20.3 Å². The van der Waals surface area contributed by atoms with Crippen molar-refractivity contribution in [2.45, 2.75) is 64.7 Å². The van der Waals surface area contributed by atoms with E-state index in [0.29, 0.717) is 0 Å². The Labute approximate surface area is 118 Å². The Morgan fingerprint density at radius 2 is 1.35 bits per heavy atom. The molecule has 0 aromatic heterocycles. The molecule has 0 saturated heterocycles. The standard InChI is InChI=1S/C13H23NO6/c1-11(2,3)19-8(15)7-13(14,9(16)17)10(18)20-12(4,5)6/h7,14H2,1-6H3,(H,16,17)/t13-/m1/s1. The lowest BCUT2D eigenvalue weighted by atomic mass is 9.96. The molecule has 116 valence electrons. The SMILES string of the molecule is CC(C)(C)OC(=O)C[C@@](N)(C(=O)O)C(=O)OC(C)(C)C. The predicted molar refractivity (Wildman–Crippen MR) is 70.9 cm³/mol. The van der Waals surface area contributed by atoms with Gasteiger partial charge in [0.05, 0.1) is 6.42 Å². The normalized spacial score (nSPS) is 15.2. The summed E-state index contributed by atoms with van der Waals surface area (Å²) in [5, 5.41) is 9.11. The molecule has 0 spiro atoms. The quantitative estimate of drug-likeness (QED) is 0.582. The first-order chi connectivity index (χ1) is 8.67. The number of ether oxygens (including phenoxy) is 2. The summed E-state index contributed by atoms with van der Waals surface area (Å²) in [6.45, 7) is 9.58. The molecule has 0 heterocycles. The minimum atomic E-state index is -2.46. The Morgan fingerprint density at radius 1 is 0.950 bits per heavy atom. The van der Waals surface area contributed by atoms with Crippen molar-refractivity contribution in [2.75, 3.05) is 0 Å². The molecule has 0 radical (unpaired) electrons. The number of carbonyl (C=O) groups is 3. The second-order valence-corrected chi connectivity index (χ2v) is 6.54. The molecule has 0 saturated carbocycles. The minimum absolute atomic E-state index is 0.797. The lowest BCUT2D eigenvalue weighted by molar-refractivity contribution is -0.175. The van der Waals surface area contributed by atoms with E-state index in [9.17, 15) is 14.4 Å². The Hall–Kier alpha value is -1.63. The molecular formula is C13H23NO6. The number of carbonyl (C=O) groups excluding carboxylic acids is 2. The first-order valence-corrected chi connectivity index (χ1v) is 6.15. The highest BCUT2D eigenvalue weighted by atomic mass is 16.6. The average molecular weight is 289 g/mol. The highest BCUT2D eigenvalue weighted by Gasteiger charge is 2.48. The first-order valence-electron chi connectivity index (χ1n) is 6.15. The molecule has 0 fully saturated rings. The molecule has 0 aliphatic carbocycles. The monoisotopic (exact) mass is 289 g/mol. The minimum Gasteiger partial charge on any atom is -0.479 e. The second-order valence-electron chi connectivity index (χ2n) is 6.54. The van der Waals surface area contributed by atoms with Gasteiger partial charge in [-0.05, 0) is 41.5 Å². The molecule has 20 heavy (non-hydrogen) atoms. The molecule has 7 nitrogen and oxygen atoms in total. The van der Waals surface area contributed by atoms with Gasteiger partial charge in [0.1, 0.15) is 11.2 Å². The highest BCUT2D eigenvalue weighted by molar-refractivity contribution is 6.06. The van der Waals surface area contributed by atoms with E-state index in [-0.39, 0.29) is 0 Å². The molecule has 3 N–H and O–H groups in total. The van der Waals surface area contributed by atoms with Crippen LogP contribution in [-0.2, 0) is 23.9 Å². The lowest BCUT2D eigenvalue weighted by Gasteiger charge is -2.28. The predicted octanol–water partition coefficient (Wildman–Crippen LogP) is 0.842. The van der Waals surface area contributed by atoms with Gasteiger partial charge in [0.25, 0.3) is 0 Å². The maximum Gasteiger partial charge on any atom is 0.338 e. The van der Waals surface area contributed by atoms with E-state index in [2.05, 4.69) is 0 Å². The van der Waals surface area contributed by atoms with Crippen LogP contribution in [0.25, 0.3) is 0 Å². The maximum absolute atomic E-state index is 11.9. The zero-order valence-corrected chi connectivity index (χ0v) is 12.8. The number of nitrogens with two attached hydrogens (primary N) is 1. The Kier molecular flexibility index (Phi) is 5.31. The van der Waals surface area contributed by atoms with Crippen molar-refractivity contribution in [1.82, 2.24) is 0 Å². The van der Waals surface area contributed by atoms with Crippen molar-refractivity contribution in [2.24, 2.45) is 5.73 Å². The van der Waals surface area contributed by atoms with Crippen molar-refractivity contribution in [3.05, 3.63) is 0 Å². The van der Waals surface area contributed by atoms with Crippen LogP contribution in [0, 0.1) is 0 Å². The number of rotatable bonds is 4. The summed E-state index contributed by atoms with van der Waals surface area (Å²) in [4.78, 5) is 34.8. The van der Waals surface area contributed by atoms with E-state index in [1.807, 2.05) is 0 Å². The highest BCUT2D eigenvalue weighted by Crippen LogP contribution is 2.19. The molecule has 0 rings (SSSR count). The smallest absolute Gasteiger partial charge is 0.338 e. The van der Waals surface area contributed by atoms with E-state index in [1.165, 1.54) is 0 Å². The number of aliphatic carboxylic acids is 1. The van der Waals surface area contributed by atoms with Crippen molar-refractivity contribution in [1.29, 1.82) is 0 Å². The van der Waals surface area contributed by atoms with E-state index >= 15 is 0 Å². The third-order valence-electron chi connectivity index (χ3n) is 1.99. The second kappa shape index (κ2) is 5.78. The van der Waals surface area contributed by atoms with Crippen molar-refractivity contribution >= 4 is 17.9 Å².